The normalized spacial score (nSPS) is 45.2. The highest BCUT2D eigenvalue weighted by atomic mass is 35.5. The number of hydrogen-bond acceptors (Lipinski definition) is 2. The lowest BCUT2D eigenvalue weighted by atomic mass is 9.89. The molecule has 2 heterocycles. The monoisotopic (exact) mass is 298 g/mol. The summed E-state index contributed by atoms with van der Waals surface area (Å²) < 4.78 is 0. The first kappa shape index (κ1) is 14.6. The molecule has 4 rings (SSSR count). The maximum Gasteiger partial charge on any atom is 0.220 e. The van der Waals surface area contributed by atoms with Crippen molar-refractivity contribution < 1.29 is 4.79 Å². The van der Waals surface area contributed by atoms with Crippen LogP contribution in [0.3, 0.4) is 0 Å². The summed E-state index contributed by atoms with van der Waals surface area (Å²) in [7, 11) is 0. The van der Waals surface area contributed by atoms with Crippen molar-refractivity contribution in [1.82, 2.24) is 10.6 Å². The van der Waals surface area contributed by atoms with Crippen molar-refractivity contribution in [3.05, 3.63) is 0 Å². The molecule has 2 saturated heterocycles. The van der Waals surface area contributed by atoms with Crippen LogP contribution < -0.4 is 10.6 Å². The summed E-state index contributed by atoms with van der Waals surface area (Å²) in [4.78, 5) is 12.2. The number of rotatable bonds is 3. The zero-order valence-corrected chi connectivity index (χ0v) is 13.0. The first-order valence-corrected chi connectivity index (χ1v) is 8.31. The third-order valence-corrected chi connectivity index (χ3v) is 6.13. The molecule has 4 bridgehead atoms. The van der Waals surface area contributed by atoms with Crippen molar-refractivity contribution in [2.45, 2.75) is 75.9 Å². The van der Waals surface area contributed by atoms with Crippen LogP contribution in [0.15, 0.2) is 0 Å². The molecule has 2 N–H and O–H groups in total. The molecule has 0 aromatic heterocycles. The fraction of sp³-hybridized carbons (Fsp3) is 0.938. The van der Waals surface area contributed by atoms with Crippen LogP contribution in [0.4, 0.5) is 0 Å². The molecular weight excluding hydrogens is 272 g/mol. The molecule has 114 valence electrons. The number of piperidine rings is 1. The lowest BCUT2D eigenvalue weighted by Gasteiger charge is -2.29. The number of carbonyl (C=O) groups excluding carboxylic acids is 1. The van der Waals surface area contributed by atoms with E-state index in [4.69, 9.17) is 0 Å². The number of carbonyl (C=O) groups is 1. The topological polar surface area (TPSA) is 41.1 Å². The molecule has 0 aromatic carbocycles. The Hall–Kier alpha value is -0.280. The van der Waals surface area contributed by atoms with Gasteiger partial charge in [-0.25, -0.2) is 0 Å². The Labute approximate surface area is 128 Å². The Morgan fingerprint density at radius 3 is 2.35 bits per heavy atom. The van der Waals surface area contributed by atoms with Crippen LogP contribution in [-0.4, -0.2) is 24.0 Å². The van der Waals surface area contributed by atoms with Gasteiger partial charge in [0.25, 0.3) is 0 Å². The van der Waals surface area contributed by atoms with Gasteiger partial charge in [-0.1, -0.05) is 6.42 Å². The van der Waals surface area contributed by atoms with Crippen LogP contribution in [0, 0.1) is 17.8 Å². The van der Waals surface area contributed by atoms with E-state index in [1.54, 1.807) is 0 Å². The van der Waals surface area contributed by atoms with Crippen LogP contribution >= 0.6 is 12.4 Å². The van der Waals surface area contributed by atoms with Crippen molar-refractivity contribution >= 4 is 18.3 Å². The Morgan fingerprint density at radius 1 is 1.00 bits per heavy atom. The third kappa shape index (κ3) is 2.85. The van der Waals surface area contributed by atoms with Crippen molar-refractivity contribution in [1.29, 1.82) is 0 Å². The van der Waals surface area contributed by atoms with E-state index in [0.29, 0.717) is 30.0 Å². The zero-order valence-electron chi connectivity index (χ0n) is 12.1. The highest BCUT2D eigenvalue weighted by Gasteiger charge is 2.40. The summed E-state index contributed by atoms with van der Waals surface area (Å²) in [5, 5.41) is 7.01. The minimum absolute atomic E-state index is 0. The van der Waals surface area contributed by atoms with E-state index in [1.807, 2.05) is 0 Å². The summed E-state index contributed by atoms with van der Waals surface area (Å²) in [5.41, 5.74) is 0. The van der Waals surface area contributed by atoms with Crippen LogP contribution in [-0.2, 0) is 4.79 Å². The molecule has 2 aliphatic carbocycles. The summed E-state index contributed by atoms with van der Waals surface area (Å²) in [5.74, 6) is 2.70. The number of amides is 1. The molecule has 5 unspecified atom stereocenters. The van der Waals surface area contributed by atoms with E-state index in [1.165, 1.54) is 51.4 Å². The number of fused-ring (bicyclic) bond motifs is 4. The molecule has 2 aliphatic heterocycles. The molecule has 20 heavy (non-hydrogen) atoms. The van der Waals surface area contributed by atoms with Gasteiger partial charge in [0.1, 0.15) is 0 Å². The van der Waals surface area contributed by atoms with Crippen molar-refractivity contribution in [3.8, 4) is 0 Å². The predicted molar refractivity (Wildman–Crippen MR) is 81.9 cm³/mol. The maximum atomic E-state index is 12.2. The molecule has 4 heteroatoms. The van der Waals surface area contributed by atoms with Gasteiger partial charge in [0.2, 0.25) is 5.91 Å². The Morgan fingerprint density at radius 2 is 1.75 bits per heavy atom. The van der Waals surface area contributed by atoms with E-state index in [2.05, 4.69) is 10.6 Å². The van der Waals surface area contributed by atoms with Gasteiger partial charge in [-0.3, -0.25) is 4.79 Å². The molecular formula is C16H27ClN2O. The van der Waals surface area contributed by atoms with Gasteiger partial charge in [-0.05, 0) is 62.7 Å². The fourth-order valence-corrected chi connectivity index (χ4v) is 5.29. The minimum atomic E-state index is 0. The van der Waals surface area contributed by atoms with Crippen molar-refractivity contribution in [3.63, 3.8) is 0 Å². The largest absolute Gasteiger partial charge is 0.353 e. The first-order chi connectivity index (χ1) is 9.26. The molecule has 4 fully saturated rings. The second kappa shape index (κ2) is 5.84. The van der Waals surface area contributed by atoms with Crippen molar-refractivity contribution in [2.75, 3.05) is 0 Å². The summed E-state index contributed by atoms with van der Waals surface area (Å²) in [6, 6.07) is 1.93. The van der Waals surface area contributed by atoms with E-state index in [0.717, 1.165) is 18.3 Å². The van der Waals surface area contributed by atoms with E-state index in [9.17, 15) is 4.79 Å². The molecule has 0 aromatic rings. The summed E-state index contributed by atoms with van der Waals surface area (Å²) in [6.45, 7) is 0. The van der Waals surface area contributed by atoms with Gasteiger partial charge in [0.15, 0.2) is 0 Å². The highest BCUT2D eigenvalue weighted by Crippen LogP contribution is 2.44. The van der Waals surface area contributed by atoms with Gasteiger partial charge in [-0.15, -0.1) is 12.4 Å². The highest BCUT2D eigenvalue weighted by molar-refractivity contribution is 5.85. The summed E-state index contributed by atoms with van der Waals surface area (Å²) in [6.07, 6.45) is 11.3. The average molecular weight is 299 g/mol. The quantitative estimate of drug-likeness (QED) is 0.841. The lowest BCUT2D eigenvalue weighted by Crippen LogP contribution is -2.42. The smallest absolute Gasteiger partial charge is 0.220 e. The van der Waals surface area contributed by atoms with E-state index < -0.39 is 0 Å². The van der Waals surface area contributed by atoms with Crippen LogP contribution in [0.25, 0.3) is 0 Å². The van der Waals surface area contributed by atoms with Gasteiger partial charge in [-0.2, -0.15) is 0 Å². The lowest BCUT2D eigenvalue weighted by molar-refractivity contribution is -0.123. The van der Waals surface area contributed by atoms with Gasteiger partial charge >= 0.3 is 0 Å². The zero-order chi connectivity index (χ0) is 12.8. The molecule has 5 atom stereocenters. The second-order valence-electron chi connectivity index (χ2n) is 7.53. The van der Waals surface area contributed by atoms with Gasteiger partial charge in [0, 0.05) is 24.5 Å². The van der Waals surface area contributed by atoms with E-state index >= 15 is 0 Å². The Bertz CT molecular complexity index is 363. The third-order valence-electron chi connectivity index (χ3n) is 6.13. The fourth-order valence-electron chi connectivity index (χ4n) is 5.29. The number of nitrogens with one attached hydrogen (secondary N) is 2. The number of hydrogen-bond donors (Lipinski definition) is 2. The van der Waals surface area contributed by atoms with E-state index in [-0.39, 0.29) is 12.4 Å². The van der Waals surface area contributed by atoms with Crippen LogP contribution in [0.1, 0.15) is 57.8 Å². The molecule has 2 saturated carbocycles. The average Bonchev–Trinajstić information content (AvgIpc) is 3.05. The molecule has 4 aliphatic rings. The van der Waals surface area contributed by atoms with Gasteiger partial charge in [0.05, 0.1) is 0 Å². The molecule has 1 amide bonds. The Kier molecular flexibility index (Phi) is 4.28. The summed E-state index contributed by atoms with van der Waals surface area (Å²) >= 11 is 0. The molecule has 0 radical (unpaired) electrons. The SMILES string of the molecule is Cl.O=C(CC1CC2CCC(C1)N2)NC1CC2CCC1C2. The Balaban J connectivity index is 0.00000121. The van der Waals surface area contributed by atoms with Gasteiger partial charge < -0.3 is 10.6 Å². The number of halogens is 1. The molecule has 0 spiro atoms. The van der Waals surface area contributed by atoms with Crippen molar-refractivity contribution in [2.24, 2.45) is 17.8 Å². The van der Waals surface area contributed by atoms with Crippen LogP contribution in [0.5, 0.6) is 0 Å². The second-order valence-corrected chi connectivity index (χ2v) is 7.53. The maximum absolute atomic E-state index is 12.2. The standard InChI is InChI=1S/C16H26N2O.ClH/c19-16(18-15-8-10-1-2-12(15)5-10)9-11-6-13-3-4-14(7-11)17-13;/h10-15,17H,1-9H2,(H,18,19);1H. The van der Waals surface area contributed by atoms with Crippen LogP contribution in [0.2, 0.25) is 0 Å². The molecule has 3 nitrogen and oxygen atoms in total. The minimum Gasteiger partial charge on any atom is -0.353 e. The first-order valence-electron chi connectivity index (χ1n) is 8.31. The predicted octanol–water partition coefficient (Wildman–Crippen LogP) is 2.63.